The van der Waals surface area contributed by atoms with Crippen LogP contribution in [0.5, 0.6) is 17.2 Å². The molecule has 3 rings (SSSR count). The third-order valence-corrected chi connectivity index (χ3v) is 4.97. The number of benzene rings is 3. The lowest BCUT2D eigenvalue weighted by Crippen LogP contribution is -2.06. The Labute approximate surface area is 192 Å². The quantitative estimate of drug-likeness (QED) is 0.200. The average molecular weight is 479 g/mol. The molecule has 0 amide bonds. The molecule has 0 fully saturated rings. The molecule has 0 saturated heterocycles. The standard InChI is InChI=1S/C23H18ClF3N2O4/c1-3-32-22-11-15(13-28-18-6-4-5-17(24)14(18)2)7-9-21(22)33-20-10-8-16(23(25,26)27)12-19(20)29(30)31/h4-13H,3H2,1-2H3. The van der Waals surface area contributed by atoms with Crippen molar-refractivity contribution in [2.45, 2.75) is 20.0 Å². The van der Waals surface area contributed by atoms with Crippen LogP contribution in [0.25, 0.3) is 0 Å². The minimum atomic E-state index is -4.72. The van der Waals surface area contributed by atoms with Gasteiger partial charge in [0.25, 0.3) is 0 Å². The highest BCUT2D eigenvalue weighted by atomic mass is 35.5. The second-order valence-corrected chi connectivity index (χ2v) is 7.23. The van der Waals surface area contributed by atoms with Crippen LogP contribution in [0.4, 0.5) is 24.5 Å². The van der Waals surface area contributed by atoms with E-state index in [1.807, 2.05) is 13.0 Å². The molecule has 0 atom stereocenters. The minimum absolute atomic E-state index is 0.107. The van der Waals surface area contributed by atoms with Gasteiger partial charge >= 0.3 is 11.9 Å². The Morgan fingerprint density at radius 2 is 1.82 bits per heavy atom. The first kappa shape index (κ1) is 24.1. The monoisotopic (exact) mass is 478 g/mol. The number of hydrogen-bond donors (Lipinski definition) is 0. The molecule has 0 heterocycles. The zero-order chi connectivity index (χ0) is 24.2. The fourth-order valence-electron chi connectivity index (χ4n) is 2.88. The van der Waals surface area contributed by atoms with Gasteiger partial charge in [0.15, 0.2) is 11.5 Å². The zero-order valence-electron chi connectivity index (χ0n) is 17.5. The molecule has 0 N–H and O–H groups in total. The molecule has 0 unspecified atom stereocenters. The zero-order valence-corrected chi connectivity index (χ0v) is 18.3. The fraction of sp³-hybridized carbons (Fsp3) is 0.174. The molecule has 10 heteroatoms. The van der Waals surface area contributed by atoms with E-state index in [9.17, 15) is 23.3 Å². The number of halogens is 4. The van der Waals surface area contributed by atoms with E-state index in [1.54, 1.807) is 37.4 Å². The molecule has 0 aliphatic rings. The molecule has 33 heavy (non-hydrogen) atoms. The molecule has 0 aliphatic carbocycles. The summed E-state index contributed by atoms with van der Waals surface area (Å²) in [5.74, 6) is 0.0131. The van der Waals surface area contributed by atoms with Crippen LogP contribution in [0, 0.1) is 17.0 Å². The van der Waals surface area contributed by atoms with Crippen molar-refractivity contribution >= 4 is 29.2 Å². The summed E-state index contributed by atoms with van der Waals surface area (Å²) in [6.07, 6.45) is -3.13. The number of alkyl halides is 3. The summed E-state index contributed by atoms with van der Waals surface area (Å²) in [4.78, 5) is 14.8. The first-order valence-electron chi connectivity index (χ1n) is 9.69. The van der Waals surface area contributed by atoms with Crippen molar-refractivity contribution in [1.82, 2.24) is 0 Å². The number of aliphatic imine (C=N–C) groups is 1. The minimum Gasteiger partial charge on any atom is -0.490 e. The number of nitro benzene ring substituents is 1. The fourth-order valence-corrected chi connectivity index (χ4v) is 3.05. The van der Waals surface area contributed by atoms with E-state index in [1.165, 1.54) is 6.07 Å². The molecule has 0 aliphatic heterocycles. The van der Waals surface area contributed by atoms with Crippen LogP contribution >= 0.6 is 11.6 Å². The SMILES string of the molecule is CCOc1cc(C=Nc2cccc(Cl)c2C)ccc1Oc1ccc(C(F)(F)F)cc1[N+](=O)[O-]. The van der Waals surface area contributed by atoms with E-state index in [-0.39, 0.29) is 23.9 Å². The molecule has 0 saturated carbocycles. The van der Waals surface area contributed by atoms with Crippen molar-refractivity contribution in [3.8, 4) is 17.2 Å². The van der Waals surface area contributed by atoms with Crippen LogP contribution in [-0.4, -0.2) is 17.7 Å². The maximum atomic E-state index is 12.9. The number of nitrogens with zero attached hydrogens (tertiary/aromatic N) is 2. The van der Waals surface area contributed by atoms with Crippen molar-refractivity contribution in [2.75, 3.05) is 6.61 Å². The van der Waals surface area contributed by atoms with E-state index in [0.717, 1.165) is 17.7 Å². The summed E-state index contributed by atoms with van der Waals surface area (Å²) < 4.78 is 50.0. The molecule has 0 bridgehead atoms. The maximum absolute atomic E-state index is 12.9. The molecule has 3 aromatic carbocycles. The van der Waals surface area contributed by atoms with Gasteiger partial charge in [-0.25, -0.2) is 0 Å². The third kappa shape index (κ3) is 5.81. The van der Waals surface area contributed by atoms with Gasteiger partial charge in [0.05, 0.1) is 22.8 Å². The van der Waals surface area contributed by atoms with Gasteiger partial charge in [-0.3, -0.25) is 15.1 Å². The van der Waals surface area contributed by atoms with Crippen molar-refractivity contribution in [1.29, 1.82) is 0 Å². The lowest BCUT2D eigenvalue weighted by atomic mass is 10.1. The highest BCUT2D eigenvalue weighted by Crippen LogP contribution is 2.40. The predicted octanol–water partition coefficient (Wildman–Crippen LogP) is 7.52. The number of rotatable bonds is 7. The molecule has 0 aromatic heterocycles. The normalized spacial score (nSPS) is 11.6. The smallest absolute Gasteiger partial charge is 0.416 e. The van der Waals surface area contributed by atoms with Gasteiger partial charge in [0.2, 0.25) is 5.75 Å². The summed E-state index contributed by atoms with van der Waals surface area (Å²) in [5, 5.41) is 11.9. The summed E-state index contributed by atoms with van der Waals surface area (Å²) in [6, 6.07) is 12.2. The van der Waals surface area contributed by atoms with E-state index < -0.39 is 22.4 Å². The molecule has 172 valence electrons. The predicted molar refractivity (Wildman–Crippen MR) is 119 cm³/mol. The Morgan fingerprint density at radius 1 is 1.09 bits per heavy atom. The Bertz CT molecular complexity index is 1210. The Hall–Kier alpha value is -3.59. The molecule has 0 spiro atoms. The van der Waals surface area contributed by atoms with Crippen molar-refractivity contribution in [3.63, 3.8) is 0 Å². The van der Waals surface area contributed by atoms with Crippen LogP contribution in [-0.2, 0) is 6.18 Å². The van der Waals surface area contributed by atoms with Crippen LogP contribution in [0.1, 0.15) is 23.6 Å². The first-order chi connectivity index (χ1) is 15.6. The van der Waals surface area contributed by atoms with E-state index >= 15 is 0 Å². The van der Waals surface area contributed by atoms with E-state index in [0.29, 0.717) is 22.3 Å². The van der Waals surface area contributed by atoms with Gasteiger partial charge in [0, 0.05) is 17.3 Å². The van der Waals surface area contributed by atoms with Gasteiger partial charge in [0.1, 0.15) is 0 Å². The number of ether oxygens (including phenoxy) is 2. The first-order valence-corrected chi connectivity index (χ1v) is 10.1. The maximum Gasteiger partial charge on any atom is 0.416 e. The summed E-state index contributed by atoms with van der Waals surface area (Å²) in [7, 11) is 0. The number of hydrogen-bond acceptors (Lipinski definition) is 5. The topological polar surface area (TPSA) is 74.0 Å². The van der Waals surface area contributed by atoms with Crippen molar-refractivity contribution in [3.05, 3.63) is 86.4 Å². The third-order valence-electron chi connectivity index (χ3n) is 4.56. The highest BCUT2D eigenvalue weighted by Gasteiger charge is 2.33. The van der Waals surface area contributed by atoms with Crippen LogP contribution in [0.15, 0.2) is 59.6 Å². The Kier molecular flexibility index (Phi) is 7.23. The Morgan fingerprint density at radius 3 is 2.48 bits per heavy atom. The van der Waals surface area contributed by atoms with E-state index in [4.69, 9.17) is 21.1 Å². The lowest BCUT2D eigenvalue weighted by Gasteiger charge is -2.13. The number of nitro groups is 1. The summed E-state index contributed by atoms with van der Waals surface area (Å²) in [6.45, 7) is 3.84. The lowest BCUT2D eigenvalue weighted by molar-refractivity contribution is -0.385. The van der Waals surface area contributed by atoms with Gasteiger partial charge in [-0.05, 0) is 67.4 Å². The highest BCUT2D eigenvalue weighted by molar-refractivity contribution is 6.31. The summed E-state index contributed by atoms with van der Waals surface area (Å²) in [5.41, 5.74) is 0.187. The van der Waals surface area contributed by atoms with Crippen LogP contribution < -0.4 is 9.47 Å². The Balaban J connectivity index is 1.94. The van der Waals surface area contributed by atoms with Gasteiger partial charge in [-0.1, -0.05) is 17.7 Å². The molecular formula is C23H18ClF3N2O4. The van der Waals surface area contributed by atoms with Crippen LogP contribution in [0.3, 0.4) is 0 Å². The largest absolute Gasteiger partial charge is 0.490 e. The molecule has 0 radical (unpaired) electrons. The second-order valence-electron chi connectivity index (χ2n) is 6.82. The van der Waals surface area contributed by atoms with Crippen molar-refractivity contribution in [2.24, 2.45) is 4.99 Å². The van der Waals surface area contributed by atoms with Gasteiger partial charge < -0.3 is 9.47 Å². The van der Waals surface area contributed by atoms with E-state index in [2.05, 4.69) is 4.99 Å². The second kappa shape index (κ2) is 9.91. The molecule has 6 nitrogen and oxygen atoms in total. The van der Waals surface area contributed by atoms with Gasteiger partial charge in [-0.2, -0.15) is 13.2 Å². The molecular weight excluding hydrogens is 461 g/mol. The average Bonchev–Trinajstić information content (AvgIpc) is 2.76. The van der Waals surface area contributed by atoms with Crippen molar-refractivity contribution < 1.29 is 27.6 Å². The summed E-state index contributed by atoms with van der Waals surface area (Å²) >= 11 is 6.11. The molecule has 3 aromatic rings. The van der Waals surface area contributed by atoms with Gasteiger partial charge in [-0.15, -0.1) is 0 Å². The van der Waals surface area contributed by atoms with Crippen LogP contribution in [0.2, 0.25) is 5.02 Å².